The van der Waals surface area contributed by atoms with E-state index in [-0.39, 0.29) is 6.04 Å². The smallest absolute Gasteiger partial charge is 0.145 e. The van der Waals surface area contributed by atoms with Gasteiger partial charge in [-0.3, -0.25) is 0 Å². The summed E-state index contributed by atoms with van der Waals surface area (Å²) in [6, 6.07) is 4.86. The fraction of sp³-hybridized carbons (Fsp3) is 0.467. The molecule has 1 fully saturated rings. The largest absolute Gasteiger partial charge is 0.464 e. The van der Waals surface area contributed by atoms with Gasteiger partial charge in [0.25, 0.3) is 0 Å². The number of hydrogen-bond donors (Lipinski definition) is 2. The highest BCUT2D eigenvalue weighted by Crippen LogP contribution is 2.29. The zero-order valence-corrected chi connectivity index (χ0v) is 12.2. The number of ether oxygens (including phenoxy) is 1. The highest BCUT2D eigenvalue weighted by molar-refractivity contribution is 6.32. The summed E-state index contributed by atoms with van der Waals surface area (Å²) in [7, 11) is 0. The summed E-state index contributed by atoms with van der Waals surface area (Å²) in [5.41, 5.74) is 6.80. The van der Waals surface area contributed by atoms with Gasteiger partial charge in [0.05, 0.1) is 17.4 Å². The quantitative estimate of drug-likeness (QED) is 0.791. The van der Waals surface area contributed by atoms with Crippen LogP contribution in [0.3, 0.4) is 0 Å². The standard InChI is InChI=1S/C15H21ClN2O2/c1-2-20-14-6-5-11(9-12(14)16)15(19)13(17)10-18-7-3-4-8-18/h2,5-6,9,13,15,19H,1,3-4,7-8,10,17H2. The number of likely N-dealkylation sites (tertiary alicyclic amines) is 1. The van der Waals surface area contributed by atoms with E-state index in [4.69, 9.17) is 22.1 Å². The fourth-order valence-electron chi connectivity index (χ4n) is 2.50. The second-order valence-electron chi connectivity index (χ2n) is 5.09. The van der Waals surface area contributed by atoms with Gasteiger partial charge in [0, 0.05) is 12.6 Å². The Kier molecular flexibility index (Phi) is 5.43. The SMILES string of the molecule is C=COc1ccc(C(O)C(N)CN2CCCC2)cc1Cl. The molecule has 0 radical (unpaired) electrons. The molecule has 2 unspecified atom stereocenters. The van der Waals surface area contributed by atoms with E-state index < -0.39 is 6.10 Å². The van der Waals surface area contributed by atoms with Gasteiger partial charge < -0.3 is 20.5 Å². The van der Waals surface area contributed by atoms with Crippen molar-refractivity contribution in [3.8, 4) is 5.75 Å². The topological polar surface area (TPSA) is 58.7 Å². The zero-order valence-electron chi connectivity index (χ0n) is 11.5. The first-order valence-corrected chi connectivity index (χ1v) is 7.22. The third-order valence-corrected chi connectivity index (χ3v) is 3.88. The van der Waals surface area contributed by atoms with Gasteiger partial charge >= 0.3 is 0 Å². The number of aliphatic hydroxyl groups is 1. The minimum Gasteiger partial charge on any atom is -0.464 e. The van der Waals surface area contributed by atoms with E-state index in [1.54, 1.807) is 18.2 Å². The number of nitrogens with zero attached hydrogens (tertiary/aromatic N) is 1. The summed E-state index contributed by atoms with van der Waals surface area (Å²) in [4.78, 5) is 2.28. The number of hydrogen-bond acceptors (Lipinski definition) is 4. The van der Waals surface area contributed by atoms with Crippen molar-refractivity contribution >= 4 is 11.6 Å². The van der Waals surface area contributed by atoms with Crippen molar-refractivity contribution in [2.45, 2.75) is 25.0 Å². The molecule has 0 aromatic heterocycles. The number of benzene rings is 1. The summed E-state index contributed by atoms with van der Waals surface area (Å²) in [6.45, 7) is 6.31. The van der Waals surface area contributed by atoms with Crippen molar-refractivity contribution in [3.63, 3.8) is 0 Å². The molecule has 1 aliphatic rings. The molecule has 1 saturated heterocycles. The number of rotatable bonds is 6. The molecule has 110 valence electrons. The molecule has 1 aromatic carbocycles. The lowest BCUT2D eigenvalue weighted by atomic mass is 10.0. The average Bonchev–Trinajstić information content (AvgIpc) is 2.93. The van der Waals surface area contributed by atoms with Crippen LogP contribution in [0.25, 0.3) is 0 Å². The second-order valence-corrected chi connectivity index (χ2v) is 5.50. The number of aliphatic hydroxyl groups excluding tert-OH is 1. The molecule has 5 heteroatoms. The van der Waals surface area contributed by atoms with Crippen molar-refractivity contribution in [3.05, 3.63) is 41.6 Å². The summed E-state index contributed by atoms with van der Waals surface area (Å²) in [5.74, 6) is 0.519. The molecular weight excluding hydrogens is 276 g/mol. The fourth-order valence-corrected chi connectivity index (χ4v) is 2.73. The van der Waals surface area contributed by atoms with Crippen LogP contribution in [0.2, 0.25) is 5.02 Å². The van der Waals surface area contributed by atoms with E-state index in [2.05, 4.69) is 11.5 Å². The first-order valence-electron chi connectivity index (χ1n) is 6.85. The predicted octanol–water partition coefficient (Wildman–Crippen LogP) is 2.32. The molecule has 4 nitrogen and oxygen atoms in total. The zero-order chi connectivity index (χ0) is 14.5. The molecule has 0 amide bonds. The van der Waals surface area contributed by atoms with Crippen LogP contribution in [0.1, 0.15) is 24.5 Å². The molecule has 1 heterocycles. The lowest BCUT2D eigenvalue weighted by Crippen LogP contribution is -2.40. The monoisotopic (exact) mass is 296 g/mol. The molecule has 2 rings (SSSR count). The third kappa shape index (κ3) is 3.73. The highest BCUT2D eigenvalue weighted by Gasteiger charge is 2.22. The normalized spacial score (nSPS) is 18.8. The average molecular weight is 297 g/mol. The third-order valence-electron chi connectivity index (χ3n) is 3.58. The molecule has 1 aromatic rings. The van der Waals surface area contributed by atoms with Crippen LogP contribution in [0.15, 0.2) is 31.0 Å². The maximum absolute atomic E-state index is 10.3. The molecule has 0 saturated carbocycles. The Labute approximate surface area is 124 Å². The van der Waals surface area contributed by atoms with Gasteiger partial charge in [-0.15, -0.1) is 0 Å². The van der Waals surface area contributed by atoms with Crippen LogP contribution < -0.4 is 10.5 Å². The van der Waals surface area contributed by atoms with Crippen LogP contribution in [0, 0.1) is 0 Å². The van der Waals surface area contributed by atoms with Crippen LogP contribution in [-0.2, 0) is 0 Å². The van der Waals surface area contributed by atoms with Gasteiger partial charge in [-0.25, -0.2) is 0 Å². The van der Waals surface area contributed by atoms with Gasteiger partial charge in [-0.2, -0.15) is 0 Å². The van der Waals surface area contributed by atoms with Crippen molar-refractivity contribution in [1.29, 1.82) is 0 Å². The summed E-state index contributed by atoms with van der Waals surface area (Å²) in [5, 5.41) is 10.8. The number of nitrogens with two attached hydrogens (primary N) is 1. The van der Waals surface area contributed by atoms with Gasteiger partial charge in [-0.1, -0.05) is 24.2 Å². The lowest BCUT2D eigenvalue weighted by Gasteiger charge is -2.24. The molecule has 20 heavy (non-hydrogen) atoms. The first-order chi connectivity index (χ1) is 9.61. The Hall–Kier alpha value is -1.07. The lowest BCUT2D eigenvalue weighted by molar-refractivity contribution is 0.125. The Morgan fingerprint density at radius 3 is 2.75 bits per heavy atom. The van der Waals surface area contributed by atoms with Crippen molar-refractivity contribution in [2.75, 3.05) is 19.6 Å². The molecular formula is C15H21ClN2O2. The summed E-state index contributed by atoms with van der Waals surface area (Å²) < 4.78 is 5.15. The van der Waals surface area contributed by atoms with Crippen molar-refractivity contribution in [2.24, 2.45) is 5.73 Å². The number of halogens is 1. The van der Waals surface area contributed by atoms with Crippen LogP contribution in [0.4, 0.5) is 0 Å². The molecule has 0 bridgehead atoms. The minimum atomic E-state index is -0.731. The molecule has 3 N–H and O–H groups in total. The molecule has 1 aliphatic heterocycles. The van der Waals surface area contributed by atoms with E-state index in [0.29, 0.717) is 22.9 Å². The molecule has 0 aliphatic carbocycles. The first kappa shape index (κ1) is 15.3. The second kappa shape index (κ2) is 7.09. The Morgan fingerprint density at radius 2 is 2.15 bits per heavy atom. The van der Waals surface area contributed by atoms with E-state index in [9.17, 15) is 5.11 Å². The highest BCUT2D eigenvalue weighted by atomic mass is 35.5. The molecule has 0 spiro atoms. The van der Waals surface area contributed by atoms with E-state index in [1.165, 1.54) is 19.1 Å². The predicted molar refractivity (Wildman–Crippen MR) is 80.9 cm³/mol. The molecule has 2 atom stereocenters. The van der Waals surface area contributed by atoms with Crippen molar-refractivity contribution < 1.29 is 9.84 Å². The van der Waals surface area contributed by atoms with E-state index in [0.717, 1.165) is 13.1 Å². The maximum atomic E-state index is 10.3. The van der Waals surface area contributed by atoms with Crippen LogP contribution in [-0.4, -0.2) is 35.7 Å². The van der Waals surface area contributed by atoms with E-state index >= 15 is 0 Å². The van der Waals surface area contributed by atoms with Crippen LogP contribution >= 0.6 is 11.6 Å². The Bertz CT molecular complexity index is 461. The van der Waals surface area contributed by atoms with Crippen LogP contribution in [0.5, 0.6) is 5.75 Å². The van der Waals surface area contributed by atoms with Gasteiger partial charge in [0.1, 0.15) is 5.75 Å². The van der Waals surface area contributed by atoms with Gasteiger partial charge in [0.15, 0.2) is 0 Å². The Balaban J connectivity index is 2.01. The Morgan fingerprint density at radius 1 is 1.45 bits per heavy atom. The van der Waals surface area contributed by atoms with Gasteiger partial charge in [0.2, 0.25) is 0 Å². The van der Waals surface area contributed by atoms with E-state index in [1.807, 2.05) is 0 Å². The van der Waals surface area contributed by atoms with Gasteiger partial charge in [-0.05, 0) is 43.6 Å². The minimum absolute atomic E-state index is 0.324. The summed E-state index contributed by atoms with van der Waals surface area (Å²) >= 11 is 6.09. The van der Waals surface area contributed by atoms with Crippen molar-refractivity contribution in [1.82, 2.24) is 4.90 Å². The maximum Gasteiger partial charge on any atom is 0.145 e. The summed E-state index contributed by atoms with van der Waals surface area (Å²) in [6.07, 6.45) is 3.01.